The minimum atomic E-state index is 0.688. The highest BCUT2D eigenvalue weighted by atomic mass is 16.5. The number of anilines is 1. The standard InChI is InChI=1S/C12H18N4O/c1-10-5-7-16-11(9-10)14-12(15-16)13-6-3-4-8-17-2/h5,7,9H,3-4,6,8H2,1-2H3,(H,13,15). The number of fused-ring (bicyclic) bond motifs is 1. The summed E-state index contributed by atoms with van der Waals surface area (Å²) in [5.41, 5.74) is 2.07. The lowest BCUT2D eigenvalue weighted by atomic mass is 10.3. The van der Waals surface area contributed by atoms with Crippen molar-refractivity contribution in [1.29, 1.82) is 0 Å². The Labute approximate surface area is 101 Å². The van der Waals surface area contributed by atoms with E-state index < -0.39 is 0 Å². The number of methoxy groups -OCH3 is 1. The molecule has 0 unspecified atom stereocenters. The fourth-order valence-electron chi connectivity index (χ4n) is 1.63. The van der Waals surface area contributed by atoms with Crippen LogP contribution in [0.5, 0.6) is 0 Å². The van der Waals surface area contributed by atoms with Gasteiger partial charge in [-0.3, -0.25) is 0 Å². The zero-order valence-electron chi connectivity index (χ0n) is 10.3. The summed E-state index contributed by atoms with van der Waals surface area (Å²) in [6.07, 6.45) is 4.03. The zero-order valence-corrected chi connectivity index (χ0v) is 10.3. The summed E-state index contributed by atoms with van der Waals surface area (Å²) < 4.78 is 6.77. The first-order valence-corrected chi connectivity index (χ1v) is 5.85. The van der Waals surface area contributed by atoms with Crippen molar-refractivity contribution in [2.45, 2.75) is 19.8 Å². The van der Waals surface area contributed by atoms with Crippen molar-refractivity contribution in [2.24, 2.45) is 0 Å². The Balaban J connectivity index is 1.91. The van der Waals surface area contributed by atoms with Gasteiger partial charge in [0, 0.05) is 26.5 Å². The largest absolute Gasteiger partial charge is 0.385 e. The lowest BCUT2D eigenvalue weighted by Crippen LogP contribution is -2.04. The van der Waals surface area contributed by atoms with Gasteiger partial charge in [-0.1, -0.05) is 0 Å². The van der Waals surface area contributed by atoms with Crippen LogP contribution in [0.25, 0.3) is 5.65 Å². The molecule has 0 atom stereocenters. The number of hydrogen-bond acceptors (Lipinski definition) is 4. The van der Waals surface area contributed by atoms with Gasteiger partial charge >= 0.3 is 0 Å². The summed E-state index contributed by atoms with van der Waals surface area (Å²) in [5.74, 6) is 0.688. The second-order valence-corrected chi connectivity index (χ2v) is 4.07. The predicted octanol–water partition coefficient (Wildman–Crippen LogP) is 1.88. The Hall–Kier alpha value is -1.62. The topological polar surface area (TPSA) is 51.5 Å². The second-order valence-electron chi connectivity index (χ2n) is 4.07. The lowest BCUT2D eigenvalue weighted by molar-refractivity contribution is 0.193. The molecule has 0 amide bonds. The lowest BCUT2D eigenvalue weighted by Gasteiger charge is -2.00. The molecule has 0 aromatic carbocycles. The molecule has 0 aliphatic carbocycles. The Morgan fingerprint density at radius 2 is 2.29 bits per heavy atom. The van der Waals surface area contributed by atoms with Gasteiger partial charge in [-0.15, -0.1) is 5.10 Å². The molecule has 2 aromatic heterocycles. The van der Waals surface area contributed by atoms with E-state index in [2.05, 4.69) is 15.4 Å². The molecule has 2 heterocycles. The number of nitrogens with one attached hydrogen (secondary N) is 1. The molecule has 0 saturated heterocycles. The van der Waals surface area contributed by atoms with Crippen molar-refractivity contribution >= 4 is 11.6 Å². The van der Waals surface area contributed by atoms with E-state index in [9.17, 15) is 0 Å². The number of aryl methyl sites for hydroxylation is 1. The normalized spacial score (nSPS) is 10.9. The summed E-state index contributed by atoms with van der Waals surface area (Å²) in [7, 11) is 1.72. The Morgan fingerprint density at radius 1 is 1.41 bits per heavy atom. The number of nitrogens with zero attached hydrogens (tertiary/aromatic N) is 3. The third-order valence-corrected chi connectivity index (χ3v) is 2.55. The van der Waals surface area contributed by atoms with E-state index in [0.29, 0.717) is 5.95 Å². The van der Waals surface area contributed by atoms with E-state index in [0.717, 1.165) is 31.6 Å². The van der Waals surface area contributed by atoms with Gasteiger partial charge in [0.1, 0.15) is 0 Å². The molecular weight excluding hydrogens is 216 g/mol. The van der Waals surface area contributed by atoms with E-state index in [4.69, 9.17) is 4.74 Å². The fourth-order valence-corrected chi connectivity index (χ4v) is 1.63. The first-order chi connectivity index (χ1) is 8.29. The Kier molecular flexibility index (Phi) is 3.93. The highest BCUT2D eigenvalue weighted by Gasteiger charge is 2.02. The van der Waals surface area contributed by atoms with Gasteiger partial charge in [0.15, 0.2) is 5.65 Å². The third kappa shape index (κ3) is 3.17. The van der Waals surface area contributed by atoms with E-state index in [-0.39, 0.29) is 0 Å². The number of rotatable bonds is 6. The van der Waals surface area contributed by atoms with Crippen LogP contribution < -0.4 is 5.32 Å². The number of aromatic nitrogens is 3. The average Bonchev–Trinajstić information content (AvgIpc) is 2.70. The highest BCUT2D eigenvalue weighted by molar-refractivity contribution is 5.45. The van der Waals surface area contributed by atoms with Crippen molar-refractivity contribution < 1.29 is 4.74 Å². The van der Waals surface area contributed by atoms with Gasteiger partial charge in [0.05, 0.1) is 0 Å². The number of ether oxygens (including phenoxy) is 1. The van der Waals surface area contributed by atoms with Crippen LogP contribution in [-0.4, -0.2) is 34.9 Å². The van der Waals surface area contributed by atoms with Crippen molar-refractivity contribution in [2.75, 3.05) is 25.6 Å². The average molecular weight is 234 g/mol. The summed E-state index contributed by atoms with van der Waals surface area (Å²) in [6.45, 7) is 3.73. The van der Waals surface area contributed by atoms with Gasteiger partial charge in [-0.25, -0.2) is 4.52 Å². The van der Waals surface area contributed by atoms with E-state index in [1.165, 1.54) is 5.56 Å². The first-order valence-electron chi connectivity index (χ1n) is 5.85. The number of pyridine rings is 1. The van der Waals surface area contributed by atoms with Crippen molar-refractivity contribution in [3.05, 3.63) is 23.9 Å². The minimum Gasteiger partial charge on any atom is -0.385 e. The maximum Gasteiger partial charge on any atom is 0.243 e. The van der Waals surface area contributed by atoms with E-state index in [1.807, 2.05) is 25.3 Å². The van der Waals surface area contributed by atoms with Gasteiger partial charge in [-0.2, -0.15) is 4.98 Å². The van der Waals surface area contributed by atoms with Gasteiger partial charge < -0.3 is 10.1 Å². The van der Waals surface area contributed by atoms with Gasteiger partial charge in [-0.05, 0) is 37.5 Å². The van der Waals surface area contributed by atoms with Crippen LogP contribution in [-0.2, 0) is 4.74 Å². The minimum absolute atomic E-state index is 0.688. The molecule has 5 heteroatoms. The maximum atomic E-state index is 4.99. The molecule has 0 fully saturated rings. The monoisotopic (exact) mass is 234 g/mol. The molecule has 0 aliphatic heterocycles. The first kappa shape index (κ1) is 11.9. The molecule has 0 spiro atoms. The molecule has 0 radical (unpaired) electrons. The van der Waals surface area contributed by atoms with Crippen LogP contribution in [0.4, 0.5) is 5.95 Å². The summed E-state index contributed by atoms with van der Waals surface area (Å²) >= 11 is 0. The predicted molar refractivity (Wildman–Crippen MR) is 67.3 cm³/mol. The fraction of sp³-hybridized carbons (Fsp3) is 0.500. The molecule has 2 rings (SSSR count). The molecule has 2 aromatic rings. The molecular formula is C12H18N4O. The Morgan fingerprint density at radius 3 is 3.12 bits per heavy atom. The van der Waals surface area contributed by atoms with Crippen molar-refractivity contribution in [1.82, 2.24) is 14.6 Å². The molecule has 0 saturated carbocycles. The quantitative estimate of drug-likeness (QED) is 0.775. The zero-order chi connectivity index (χ0) is 12.1. The number of unbranched alkanes of at least 4 members (excludes halogenated alkanes) is 1. The van der Waals surface area contributed by atoms with Crippen molar-refractivity contribution in [3.8, 4) is 0 Å². The second kappa shape index (κ2) is 5.63. The SMILES string of the molecule is COCCCCNc1nc2cc(C)ccn2n1. The van der Waals surface area contributed by atoms with E-state index >= 15 is 0 Å². The molecule has 17 heavy (non-hydrogen) atoms. The summed E-state index contributed by atoms with van der Waals surface area (Å²) in [6, 6.07) is 4.03. The van der Waals surface area contributed by atoms with Crippen LogP contribution in [0.15, 0.2) is 18.3 Å². The summed E-state index contributed by atoms with van der Waals surface area (Å²) in [4.78, 5) is 4.40. The van der Waals surface area contributed by atoms with Gasteiger partial charge in [0.2, 0.25) is 5.95 Å². The van der Waals surface area contributed by atoms with Crippen molar-refractivity contribution in [3.63, 3.8) is 0 Å². The van der Waals surface area contributed by atoms with Gasteiger partial charge in [0.25, 0.3) is 0 Å². The van der Waals surface area contributed by atoms with Crippen LogP contribution in [0.2, 0.25) is 0 Å². The Bertz CT molecular complexity index is 480. The molecule has 1 N–H and O–H groups in total. The molecule has 92 valence electrons. The third-order valence-electron chi connectivity index (χ3n) is 2.55. The van der Waals surface area contributed by atoms with Crippen LogP contribution in [0, 0.1) is 6.92 Å². The molecule has 0 bridgehead atoms. The molecule has 5 nitrogen and oxygen atoms in total. The smallest absolute Gasteiger partial charge is 0.243 e. The van der Waals surface area contributed by atoms with E-state index in [1.54, 1.807) is 11.6 Å². The van der Waals surface area contributed by atoms with Crippen LogP contribution in [0.3, 0.4) is 0 Å². The van der Waals surface area contributed by atoms with Crippen LogP contribution >= 0.6 is 0 Å². The number of hydrogen-bond donors (Lipinski definition) is 1. The molecule has 0 aliphatic rings. The highest BCUT2D eigenvalue weighted by Crippen LogP contribution is 2.07. The summed E-state index contributed by atoms with van der Waals surface area (Å²) in [5, 5.41) is 7.55. The van der Waals surface area contributed by atoms with Crippen LogP contribution in [0.1, 0.15) is 18.4 Å². The maximum absolute atomic E-state index is 4.99.